The summed E-state index contributed by atoms with van der Waals surface area (Å²) in [4.78, 5) is 16.8. The van der Waals surface area contributed by atoms with Gasteiger partial charge in [-0.25, -0.2) is 0 Å². The van der Waals surface area contributed by atoms with Crippen molar-refractivity contribution in [3.8, 4) is 18.2 Å². The molecule has 0 aliphatic heterocycles. The van der Waals surface area contributed by atoms with Crippen LogP contribution in [-0.2, 0) is 0 Å². The van der Waals surface area contributed by atoms with Crippen molar-refractivity contribution < 1.29 is 5.11 Å². The van der Waals surface area contributed by atoms with Crippen LogP contribution < -0.4 is 5.56 Å². The number of aromatic hydroxyl groups is 1. The average molecular weight is 182 g/mol. The van der Waals surface area contributed by atoms with Gasteiger partial charge >= 0.3 is 0 Å². The molecule has 0 unspecified atom stereocenters. The van der Waals surface area contributed by atoms with Crippen molar-refractivity contribution in [2.75, 3.05) is 5.75 Å². The van der Waals surface area contributed by atoms with Gasteiger partial charge in [0.25, 0.3) is 5.56 Å². The highest BCUT2D eigenvalue weighted by molar-refractivity contribution is 7.99. The normalized spacial score (nSPS) is 9.25. The zero-order valence-electron chi connectivity index (χ0n) is 6.07. The number of nitrogens with zero attached hydrogens (tertiary/aromatic N) is 1. The van der Waals surface area contributed by atoms with Crippen molar-refractivity contribution in [3.05, 3.63) is 16.4 Å². The summed E-state index contributed by atoms with van der Waals surface area (Å²) in [6.07, 6.45) is 5.00. The predicted octanol–water partition coefficient (Wildman–Crippen LogP) is 0.201. The Hall–Kier alpha value is -1.41. The standard InChI is InChI=1S/C7H6N2O2S/c1-2-3-12-7-8-5(10)4-6(11)9-7/h1,4H,3H2,(H2,8,9,10,11). The maximum Gasteiger partial charge on any atom is 0.255 e. The van der Waals surface area contributed by atoms with Gasteiger partial charge in [0, 0.05) is 0 Å². The van der Waals surface area contributed by atoms with Gasteiger partial charge in [-0.3, -0.25) is 4.79 Å². The molecular formula is C7H6N2O2S. The van der Waals surface area contributed by atoms with Crippen molar-refractivity contribution in [1.82, 2.24) is 9.97 Å². The van der Waals surface area contributed by atoms with Crippen LogP contribution in [0, 0.1) is 12.3 Å². The van der Waals surface area contributed by atoms with Gasteiger partial charge in [-0.2, -0.15) is 4.98 Å². The van der Waals surface area contributed by atoms with Crippen LogP contribution in [0.2, 0.25) is 0 Å². The largest absolute Gasteiger partial charge is 0.493 e. The highest BCUT2D eigenvalue weighted by atomic mass is 32.2. The molecular weight excluding hydrogens is 176 g/mol. The van der Waals surface area contributed by atoms with Gasteiger partial charge in [-0.15, -0.1) is 6.42 Å². The molecule has 0 saturated heterocycles. The molecule has 0 amide bonds. The molecule has 0 radical (unpaired) electrons. The maximum atomic E-state index is 10.8. The fraction of sp³-hybridized carbons (Fsp3) is 0.143. The van der Waals surface area contributed by atoms with E-state index in [2.05, 4.69) is 15.9 Å². The Morgan fingerprint density at radius 3 is 3.17 bits per heavy atom. The Kier molecular flexibility index (Phi) is 2.77. The Labute approximate surface area is 73.0 Å². The van der Waals surface area contributed by atoms with Gasteiger partial charge in [0.2, 0.25) is 5.88 Å². The minimum Gasteiger partial charge on any atom is -0.493 e. The summed E-state index contributed by atoms with van der Waals surface area (Å²) >= 11 is 1.19. The van der Waals surface area contributed by atoms with Crippen LogP contribution in [0.1, 0.15) is 0 Å². The van der Waals surface area contributed by atoms with E-state index in [1.165, 1.54) is 11.8 Å². The Morgan fingerprint density at radius 2 is 2.58 bits per heavy atom. The van der Waals surface area contributed by atoms with Crippen molar-refractivity contribution in [1.29, 1.82) is 0 Å². The lowest BCUT2D eigenvalue weighted by Gasteiger charge is -1.95. The highest BCUT2D eigenvalue weighted by Gasteiger charge is 1.98. The molecule has 0 atom stereocenters. The van der Waals surface area contributed by atoms with Crippen LogP contribution in [0.25, 0.3) is 0 Å². The molecule has 1 heterocycles. The van der Waals surface area contributed by atoms with Gasteiger partial charge in [0.05, 0.1) is 11.8 Å². The van der Waals surface area contributed by atoms with Gasteiger partial charge in [-0.1, -0.05) is 17.7 Å². The first-order valence-corrected chi connectivity index (χ1v) is 4.07. The number of rotatable bonds is 2. The number of aromatic amines is 1. The molecule has 0 aliphatic rings. The van der Waals surface area contributed by atoms with Crippen molar-refractivity contribution in [2.45, 2.75) is 5.16 Å². The lowest BCUT2D eigenvalue weighted by atomic mass is 10.6. The molecule has 0 saturated carbocycles. The molecule has 4 nitrogen and oxygen atoms in total. The second-order valence-corrected chi connectivity index (χ2v) is 2.87. The van der Waals surface area contributed by atoms with Crippen molar-refractivity contribution >= 4 is 11.8 Å². The van der Waals surface area contributed by atoms with Crippen molar-refractivity contribution in [2.24, 2.45) is 0 Å². The SMILES string of the molecule is C#CCSc1nc(O)cc(=O)[nH]1. The molecule has 2 N–H and O–H groups in total. The van der Waals surface area contributed by atoms with Crippen LogP contribution in [0.15, 0.2) is 16.0 Å². The van der Waals surface area contributed by atoms with Crippen molar-refractivity contribution in [3.63, 3.8) is 0 Å². The van der Waals surface area contributed by atoms with Crippen LogP contribution in [0.3, 0.4) is 0 Å². The number of H-pyrrole nitrogens is 1. The fourth-order valence-corrected chi connectivity index (χ4v) is 1.15. The maximum absolute atomic E-state index is 10.8. The fourth-order valence-electron chi connectivity index (χ4n) is 0.601. The molecule has 5 heteroatoms. The van der Waals surface area contributed by atoms with E-state index >= 15 is 0 Å². The molecule has 0 fully saturated rings. The first kappa shape index (κ1) is 8.68. The number of terminal acetylenes is 1. The van der Waals surface area contributed by atoms with E-state index in [4.69, 9.17) is 11.5 Å². The molecule has 1 aromatic heterocycles. The predicted molar refractivity (Wildman–Crippen MR) is 46.1 cm³/mol. The lowest BCUT2D eigenvalue weighted by Crippen LogP contribution is -2.05. The van der Waals surface area contributed by atoms with E-state index in [0.29, 0.717) is 10.9 Å². The zero-order valence-corrected chi connectivity index (χ0v) is 6.89. The van der Waals surface area contributed by atoms with Gasteiger partial charge in [0.1, 0.15) is 0 Å². The first-order valence-electron chi connectivity index (χ1n) is 3.09. The molecule has 12 heavy (non-hydrogen) atoms. The second-order valence-electron chi connectivity index (χ2n) is 1.90. The quantitative estimate of drug-likeness (QED) is 0.389. The second kappa shape index (κ2) is 3.83. The summed E-state index contributed by atoms with van der Waals surface area (Å²) in [7, 11) is 0. The van der Waals surface area contributed by atoms with E-state index < -0.39 is 0 Å². The molecule has 0 aliphatic carbocycles. The van der Waals surface area contributed by atoms with Crippen LogP contribution >= 0.6 is 11.8 Å². The van der Waals surface area contributed by atoms with E-state index in [1.54, 1.807) is 0 Å². The van der Waals surface area contributed by atoms with E-state index in [-0.39, 0.29) is 11.4 Å². The monoisotopic (exact) mass is 182 g/mol. The molecule has 0 bridgehead atoms. The zero-order chi connectivity index (χ0) is 8.97. The Balaban J connectivity index is 2.87. The van der Waals surface area contributed by atoms with Crippen LogP contribution in [-0.4, -0.2) is 20.8 Å². The minimum atomic E-state index is -0.387. The summed E-state index contributed by atoms with van der Waals surface area (Å²) in [5, 5.41) is 9.23. The lowest BCUT2D eigenvalue weighted by molar-refractivity contribution is 0.444. The summed E-state index contributed by atoms with van der Waals surface area (Å²) in [5.74, 6) is 2.49. The number of hydrogen-bond acceptors (Lipinski definition) is 4. The third kappa shape index (κ3) is 2.32. The summed E-state index contributed by atoms with van der Waals surface area (Å²) in [6, 6.07) is 1.000. The smallest absolute Gasteiger partial charge is 0.255 e. The third-order valence-electron chi connectivity index (χ3n) is 0.999. The average Bonchev–Trinajstić information content (AvgIpc) is 1.99. The number of hydrogen-bond donors (Lipinski definition) is 2. The van der Waals surface area contributed by atoms with Gasteiger partial charge in [-0.05, 0) is 0 Å². The number of aromatic nitrogens is 2. The van der Waals surface area contributed by atoms with Crippen LogP contribution in [0.5, 0.6) is 5.88 Å². The minimum absolute atomic E-state index is 0.293. The summed E-state index contributed by atoms with van der Waals surface area (Å²) < 4.78 is 0. The third-order valence-corrected chi connectivity index (χ3v) is 1.78. The molecule has 1 aromatic rings. The number of nitrogens with one attached hydrogen (secondary N) is 1. The van der Waals surface area contributed by atoms with E-state index in [1.807, 2.05) is 0 Å². The van der Waals surface area contributed by atoms with Gasteiger partial charge < -0.3 is 10.1 Å². The summed E-state index contributed by atoms with van der Waals surface area (Å²) in [5.41, 5.74) is -0.387. The molecule has 0 aromatic carbocycles. The highest BCUT2D eigenvalue weighted by Crippen LogP contribution is 2.11. The molecule has 1 rings (SSSR count). The van der Waals surface area contributed by atoms with E-state index in [0.717, 1.165) is 6.07 Å². The topological polar surface area (TPSA) is 66.0 Å². The molecule has 62 valence electrons. The van der Waals surface area contributed by atoms with E-state index in [9.17, 15) is 4.79 Å². The van der Waals surface area contributed by atoms with Gasteiger partial charge in [0.15, 0.2) is 5.16 Å². The number of thioether (sulfide) groups is 1. The van der Waals surface area contributed by atoms with Crippen LogP contribution in [0.4, 0.5) is 0 Å². The molecule has 0 spiro atoms. The summed E-state index contributed by atoms with van der Waals surface area (Å²) in [6.45, 7) is 0. The Bertz CT molecular complexity index is 366. The Morgan fingerprint density at radius 1 is 1.83 bits per heavy atom. The first-order chi connectivity index (χ1) is 5.72.